The lowest BCUT2D eigenvalue weighted by Crippen LogP contribution is -2.15. The van der Waals surface area contributed by atoms with E-state index in [1.54, 1.807) is 0 Å². The van der Waals surface area contributed by atoms with Crippen molar-refractivity contribution in [3.63, 3.8) is 0 Å². The standard InChI is InChI=1S/C6H2F3N5/c7-6(8,9)5-4(3-11)12-13-14(5)2-1-10/h2H2. The van der Waals surface area contributed by atoms with Crippen LogP contribution in [0.1, 0.15) is 11.4 Å². The van der Waals surface area contributed by atoms with Crippen LogP contribution in [0.2, 0.25) is 0 Å². The Labute approximate surface area is 76.0 Å². The number of alkyl halides is 3. The summed E-state index contributed by atoms with van der Waals surface area (Å²) in [5.74, 6) is 0. The second-order valence-electron chi connectivity index (χ2n) is 2.21. The minimum absolute atomic E-state index is 0.346. The van der Waals surface area contributed by atoms with E-state index in [0.29, 0.717) is 4.68 Å². The largest absolute Gasteiger partial charge is 0.436 e. The van der Waals surface area contributed by atoms with Crippen molar-refractivity contribution in [1.29, 1.82) is 10.5 Å². The van der Waals surface area contributed by atoms with E-state index in [0.717, 1.165) is 0 Å². The molecule has 0 amide bonds. The highest BCUT2D eigenvalue weighted by Gasteiger charge is 2.39. The SMILES string of the molecule is N#CCn1nnc(C#N)c1C(F)(F)F. The van der Waals surface area contributed by atoms with Crippen LogP contribution in [0.3, 0.4) is 0 Å². The topological polar surface area (TPSA) is 78.3 Å². The number of rotatable bonds is 1. The Balaban J connectivity index is 3.30. The third-order valence-electron chi connectivity index (χ3n) is 1.33. The molecule has 0 aliphatic heterocycles. The fourth-order valence-corrected chi connectivity index (χ4v) is 0.847. The molecule has 1 aromatic heterocycles. The Hall–Kier alpha value is -2.09. The number of aromatic nitrogens is 3. The van der Waals surface area contributed by atoms with Crippen LogP contribution in [0, 0.1) is 22.7 Å². The smallest absolute Gasteiger partial charge is 0.225 e. The van der Waals surface area contributed by atoms with Crippen LogP contribution in [-0.4, -0.2) is 15.0 Å². The molecule has 0 saturated heterocycles. The van der Waals surface area contributed by atoms with Gasteiger partial charge in [0.25, 0.3) is 0 Å². The van der Waals surface area contributed by atoms with E-state index in [4.69, 9.17) is 10.5 Å². The van der Waals surface area contributed by atoms with Gasteiger partial charge in [-0.3, -0.25) is 0 Å². The predicted octanol–water partition coefficient (Wildman–Crippen LogP) is 0.692. The van der Waals surface area contributed by atoms with Crippen LogP contribution in [0.15, 0.2) is 0 Å². The van der Waals surface area contributed by atoms with E-state index in [2.05, 4.69) is 10.3 Å². The number of hydrogen-bond acceptors (Lipinski definition) is 4. The molecule has 14 heavy (non-hydrogen) atoms. The Morgan fingerprint density at radius 2 is 2.00 bits per heavy atom. The van der Waals surface area contributed by atoms with Gasteiger partial charge in [-0.15, -0.1) is 5.10 Å². The molecule has 72 valence electrons. The van der Waals surface area contributed by atoms with Crippen LogP contribution < -0.4 is 0 Å². The third-order valence-corrected chi connectivity index (χ3v) is 1.33. The van der Waals surface area contributed by atoms with E-state index in [-0.39, 0.29) is 0 Å². The number of halogens is 3. The van der Waals surface area contributed by atoms with Crippen molar-refractivity contribution in [3.05, 3.63) is 11.4 Å². The summed E-state index contributed by atoms with van der Waals surface area (Å²) in [6, 6.07) is 2.74. The van der Waals surface area contributed by atoms with Crippen molar-refractivity contribution in [2.75, 3.05) is 0 Å². The van der Waals surface area contributed by atoms with Crippen LogP contribution in [0.25, 0.3) is 0 Å². The molecule has 1 aromatic rings. The highest BCUT2D eigenvalue weighted by molar-refractivity contribution is 5.27. The van der Waals surface area contributed by atoms with Crippen molar-refractivity contribution in [2.45, 2.75) is 12.7 Å². The van der Waals surface area contributed by atoms with Crippen molar-refractivity contribution >= 4 is 0 Å². The molecule has 1 heterocycles. The number of hydrogen-bond donors (Lipinski definition) is 0. The summed E-state index contributed by atoms with van der Waals surface area (Å²) >= 11 is 0. The maximum Gasteiger partial charge on any atom is 0.436 e. The van der Waals surface area contributed by atoms with Crippen molar-refractivity contribution in [3.8, 4) is 12.1 Å². The van der Waals surface area contributed by atoms with E-state index in [1.165, 1.54) is 12.1 Å². The van der Waals surface area contributed by atoms with Gasteiger partial charge in [-0.1, -0.05) is 5.21 Å². The quantitative estimate of drug-likeness (QED) is 0.669. The molecule has 0 radical (unpaired) electrons. The molecule has 0 saturated carbocycles. The zero-order chi connectivity index (χ0) is 10.8. The Kier molecular flexibility index (Phi) is 2.38. The Morgan fingerprint density at radius 3 is 2.43 bits per heavy atom. The average molecular weight is 201 g/mol. The van der Waals surface area contributed by atoms with Crippen LogP contribution in [0.5, 0.6) is 0 Å². The van der Waals surface area contributed by atoms with E-state index >= 15 is 0 Å². The van der Waals surface area contributed by atoms with Crippen LogP contribution >= 0.6 is 0 Å². The van der Waals surface area contributed by atoms with Gasteiger partial charge in [0.2, 0.25) is 0 Å². The first-order valence-electron chi connectivity index (χ1n) is 3.28. The van der Waals surface area contributed by atoms with Gasteiger partial charge >= 0.3 is 6.18 Å². The van der Waals surface area contributed by atoms with Crippen LogP contribution in [0.4, 0.5) is 13.2 Å². The second-order valence-corrected chi connectivity index (χ2v) is 2.21. The first-order chi connectivity index (χ1) is 6.50. The molecule has 0 aliphatic rings. The lowest BCUT2D eigenvalue weighted by molar-refractivity contribution is -0.144. The minimum Gasteiger partial charge on any atom is -0.225 e. The highest BCUT2D eigenvalue weighted by atomic mass is 19.4. The monoisotopic (exact) mass is 201 g/mol. The van der Waals surface area contributed by atoms with Gasteiger partial charge in [-0.2, -0.15) is 23.7 Å². The highest BCUT2D eigenvalue weighted by Crippen LogP contribution is 2.30. The van der Waals surface area contributed by atoms with Gasteiger partial charge in [0.05, 0.1) is 6.07 Å². The summed E-state index contributed by atoms with van der Waals surface area (Å²) in [6.07, 6.45) is -4.73. The van der Waals surface area contributed by atoms with E-state index in [9.17, 15) is 13.2 Å². The molecule has 0 N–H and O–H groups in total. The molecule has 0 unspecified atom stereocenters. The second kappa shape index (κ2) is 3.34. The van der Waals surface area contributed by atoms with E-state index < -0.39 is 24.1 Å². The predicted molar refractivity (Wildman–Crippen MR) is 35.4 cm³/mol. The lowest BCUT2D eigenvalue weighted by atomic mass is 10.3. The first-order valence-corrected chi connectivity index (χ1v) is 3.28. The molecule has 5 nitrogen and oxygen atoms in total. The maximum absolute atomic E-state index is 12.3. The average Bonchev–Trinajstić information content (AvgIpc) is 2.47. The van der Waals surface area contributed by atoms with Gasteiger partial charge < -0.3 is 0 Å². The van der Waals surface area contributed by atoms with Gasteiger partial charge in [0, 0.05) is 0 Å². The minimum atomic E-state index is -4.73. The zero-order valence-electron chi connectivity index (χ0n) is 6.58. The molecular weight excluding hydrogens is 199 g/mol. The molecule has 8 heteroatoms. The summed E-state index contributed by atoms with van der Waals surface area (Å²) in [7, 11) is 0. The summed E-state index contributed by atoms with van der Waals surface area (Å²) in [5, 5.41) is 22.6. The van der Waals surface area contributed by atoms with Gasteiger partial charge in [0.15, 0.2) is 11.4 Å². The van der Waals surface area contributed by atoms with Crippen molar-refractivity contribution in [1.82, 2.24) is 15.0 Å². The number of nitriles is 2. The molecule has 1 rings (SSSR count). The summed E-state index contributed by atoms with van der Waals surface area (Å²) < 4.78 is 37.2. The molecule has 0 atom stereocenters. The molecular formula is C6H2F3N5. The van der Waals surface area contributed by atoms with E-state index in [1.807, 2.05) is 0 Å². The first kappa shape index (κ1) is 9.99. The van der Waals surface area contributed by atoms with Gasteiger partial charge in [-0.25, -0.2) is 4.68 Å². The summed E-state index contributed by atoms with van der Waals surface area (Å²) in [4.78, 5) is 0. The fraction of sp³-hybridized carbons (Fsp3) is 0.333. The molecule has 0 aliphatic carbocycles. The molecule has 0 spiro atoms. The Morgan fingerprint density at radius 1 is 1.36 bits per heavy atom. The van der Waals surface area contributed by atoms with Gasteiger partial charge in [-0.05, 0) is 0 Å². The fourth-order valence-electron chi connectivity index (χ4n) is 0.847. The summed E-state index contributed by atoms with van der Waals surface area (Å²) in [6.45, 7) is -0.594. The molecule has 0 aromatic carbocycles. The lowest BCUT2D eigenvalue weighted by Gasteiger charge is -2.05. The maximum atomic E-state index is 12.3. The third kappa shape index (κ3) is 1.64. The van der Waals surface area contributed by atoms with Crippen LogP contribution in [-0.2, 0) is 12.7 Å². The Bertz CT molecular complexity index is 418. The normalized spacial score (nSPS) is 10.6. The summed E-state index contributed by atoms with van der Waals surface area (Å²) in [5.41, 5.74) is -2.12. The number of nitrogens with zero attached hydrogens (tertiary/aromatic N) is 5. The molecule has 0 fully saturated rings. The van der Waals surface area contributed by atoms with Crippen molar-refractivity contribution < 1.29 is 13.2 Å². The zero-order valence-corrected chi connectivity index (χ0v) is 6.58. The van der Waals surface area contributed by atoms with Gasteiger partial charge in [0.1, 0.15) is 12.6 Å². The van der Waals surface area contributed by atoms with Crippen molar-refractivity contribution in [2.24, 2.45) is 0 Å². The molecule has 0 bridgehead atoms.